The molecule has 1 saturated heterocycles. The SMILES string of the molecule is COc1ccc(F)cc1C[NH+]1CCN(C(=O)c2ccc(CS(C)(=O)=O)cc2)CC1. The van der Waals surface area contributed by atoms with E-state index in [2.05, 4.69) is 0 Å². The number of quaternary nitrogens is 1. The van der Waals surface area contributed by atoms with Gasteiger partial charge in [-0.2, -0.15) is 0 Å². The Hall–Kier alpha value is -2.45. The zero-order valence-corrected chi connectivity index (χ0v) is 17.5. The number of piperazine rings is 1. The first-order chi connectivity index (χ1) is 13.7. The normalized spacial score (nSPS) is 15.3. The predicted octanol–water partition coefficient (Wildman–Crippen LogP) is 0.920. The Morgan fingerprint density at radius 1 is 1.14 bits per heavy atom. The number of amides is 1. The van der Waals surface area contributed by atoms with Crippen LogP contribution in [0.1, 0.15) is 21.5 Å². The third-order valence-corrected chi connectivity index (χ3v) is 5.93. The average Bonchev–Trinajstić information content (AvgIpc) is 2.68. The lowest BCUT2D eigenvalue weighted by atomic mass is 10.1. The highest BCUT2D eigenvalue weighted by Gasteiger charge is 2.25. The van der Waals surface area contributed by atoms with E-state index in [9.17, 15) is 17.6 Å². The van der Waals surface area contributed by atoms with Gasteiger partial charge in [-0.3, -0.25) is 4.79 Å². The summed E-state index contributed by atoms with van der Waals surface area (Å²) in [5.41, 5.74) is 2.04. The molecular weight excluding hydrogens is 395 g/mol. The molecule has 3 rings (SSSR count). The number of methoxy groups -OCH3 is 1. The quantitative estimate of drug-likeness (QED) is 0.753. The van der Waals surface area contributed by atoms with Crippen LogP contribution in [0.5, 0.6) is 5.75 Å². The maximum Gasteiger partial charge on any atom is 0.254 e. The zero-order chi connectivity index (χ0) is 21.0. The maximum atomic E-state index is 13.6. The van der Waals surface area contributed by atoms with Crippen molar-refractivity contribution in [3.8, 4) is 5.75 Å². The molecule has 0 aliphatic carbocycles. The highest BCUT2D eigenvalue weighted by atomic mass is 32.2. The number of nitrogens with one attached hydrogen (secondary N) is 1. The van der Waals surface area contributed by atoms with Gasteiger partial charge in [-0.25, -0.2) is 12.8 Å². The molecule has 0 atom stereocenters. The lowest BCUT2D eigenvalue weighted by Gasteiger charge is -2.32. The van der Waals surface area contributed by atoms with Gasteiger partial charge < -0.3 is 14.5 Å². The molecule has 0 radical (unpaired) electrons. The topological polar surface area (TPSA) is 68.1 Å². The first-order valence-corrected chi connectivity index (χ1v) is 11.5. The van der Waals surface area contributed by atoms with Crippen molar-refractivity contribution in [1.29, 1.82) is 0 Å². The highest BCUT2D eigenvalue weighted by Crippen LogP contribution is 2.18. The molecule has 2 aromatic rings. The van der Waals surface area contributed by atoms with E-state index in [1.165, 1.54) is 23.3 Å². The van der Waals surface area contributed by atoms with Crippen LogP contribution in [-0.4, -0.2) is 58.8 Å². The van der Waals surface area contributed by atoms with Crippen LogP contribution in [0.25, 0.3) is 0 Å². The number of hydrogen-bond acceptors (Lipinski definition) is 4. The van der Waals surface area contributed by atoms with Gasteiger partial charge in [0.25, 0.3) is 5.91 Å². The van der Waals surface area contributed by atoms with Gasteiger partial charge in [-0.15, -0.1) is 0 Å². The van der Waals surface area contributed by atoms with E-state index in [0.29, 0.717) is 36.5 Å². The number of benzene rings is 2. The second-order valence-electron chi connectivity index (χ2n) is 7.44. The number of halogens is 1. The predicted molar refractivity (Wildman–Crippen MR) is 108 cm³/mol. The number of sulfone groups is 1. The lowest BCUT2D eigenvalue weighted by Crippen LogP contribution is -3.13. The highest BCUT2D eigenvalue weighted by molar-refractivity contribution is 7.89. The van der Waals surface area contributed by atoms with E-state index in [4.69, 9.17) is 4.74 Å². The van der Waals surface area contributed by atoms with Crippen molar-refractivity contribution in [3.63, 3.8) is 0 Å². The average molecular weight is 422 g/mol. The molecule has 1 N–H and O–H groups in total. The van der Waals surface area contributed by atoms with Crippen molar-refractivity contribution in [2.45, 2.75) is 12.3 Å². The molecule has 6 nitrogen and oxygen atoms in total. The van der Waals surface area contributed by atoms with E-state index in [-0.39, 0.29) is 17.5 Å². The van der Waals surface area contributed by atoms with Gasteiger partial charge in [-0.1, -0.05) is 12.1 Å². The second kappa shape index (κ2) is 8.92. The molecule has 0 bridgehead atoms. The fourth-order valence-electron chi connectivity index (χ4n) is 3.59. The second-order valence-corrected chi connectivity index (χ2v) is 9.58. The molecular formula is C21H26FN2O4S+. The van der Waals surface area contributed by atoms with Crippen LogP contribution in [0.4, 0.5) is 4.39 Å². The van der Waals surface area contributed by atoms with Crippen LogP contribution < -0.4 is 9.64 Å². The Morgan fingerprint density at radius 2 is 1.79 bits per heavy atom. The molecule has 29 heavy (non-hydrogen) atoms. The number of rotatable bonds is 6. The molecule has 0 saturated carbocycles. The minimum absolute atomic E-state index is 0.0347. The molecule has 8 heteroatoms. The maximum absolute atomic E-state index is 13.6. The summed E-state index contributed by atoms with van der Waals surface area (Å²) in [6, 6.07) is 11.3. The van der Waals surface area contributed by atoms with Crippen molar-refractivity contribution in [2.75, 3.05) is 39.5 Å². The van der Waals surface area contributed by atoms with Gasteiger partial charge in [0.15, 0.2) is 9.84 Å². The lowest BCUT2D eigenvalue weighted by molar-refractivity contribution is -0.917. The Balaban J connectivity index is 1.58. The molecule has 2 aromatic carbocycles. The summed E-state index contributed by atoms with van der Waals surface area (Å²) in [5.74, 6) is 0.297. The first-order valence-electron chi connectivity index (χ1n) is 9.47. The Bertz CT molecular complexity index is 969. The van der Waals surface area contributed by atoms with Gasteiger partial charge >= 0.3 is 0 Å². The molecule has 156 valence electrons. The van der Waals surface area contributed by atoms with Crippen molar-refractivity contribution >= 4 is 15.7 Å². The number of hydrogen-bond donors (Lipinski definition) is 1. The standard InChI is InChI=1S/C21H25FN2O4S/c1-28-20-8-7-19(22)13-18(20)14-23-9-11-24(12-10-23)21(25)17-5-3-16(4-6-17)15-29(2,26)27/h3-8,13H,9-12,14-15H2,1-2H3/p+1. The zero-order valence-electron chi connectivity index (χ0n) is 16.7. The third-order valence-electron chi connectivity index (χ3n) is 5.07. The minimum Gasteiger partial charge on any atom is -0.496 e. The van der Waals surface area contributed by atoms with Crippen LogP contribution in [0.3, 0.4) is 0 Å². The molecule has 1 fully saturated rings. The molecule has 0 spiro atoms. The summed E-state index contributed by atoms with van der Waals surface area (Å²) in [5, 5.41) is 0. The fourth-order valence-corrected chi connectivity index (χ4v) is 4.38. The Kier molecular flexibility index (Phi) is 6.54. The largest absolute Gasteiger partial charge is 0.496 e. The van der Waals surface area contributed by atoms with E-state index in [0.717, 1.165) is 18.7 Å². The van der Waals surface area contributed by atoms with Crippen LogP contribution in [-0.2, 0) is 22.1 Å². The molecule has 1 aliphatic rings. The number of ether oxygens (including phenoxy) is 1. The molecule has 1 heterocycles. The molecule has 0 unspecified atom stereocenters. The van der Waals surface area contributed by atoms with Gasteiger partial charge in [0.05, 0.1) is 44.6 Å². The van der Waals surface area contributed by atoms with Crippen LogP contribution >= 0.6 is 0 Å². The smallest absolute Gasteiger partial charge is 0.254 e. The molecule has 0 aromatic heterocycles. The Morgan fingerprint density at radius 3 is 2.38 bits per heavy atom. The van der Waals surface area contributed by atoms with Crippen LogP contribution in [0.2, 0.25) is 0 Å². The summed E-state index contributed by atoms with van der Waals surface area (Å²) < 4.78 is 41.6. The number of carbonyl (C=O) groups is 1. The summed E-state index contributed by atoms with van der Waals surface area (Å²) in [7, 11) is -1.53. The number of nitrogens with zero attached hydrogens (tertiary/aromatic N) is 1. The summed E-state index contributed by atoms with van der Waals surface area (Å²) >= 11 is 0. The van der Waals surface area contributed by atoms with Crippen LogP contribution in [0.15, 0.2) is 42.5 Å². The van der Waals surface area contributed by atoms with E-state index in [1.807, 2.05) is 0 Å². The van der Waals surface area contributed by atoms with Crippen molar-refractivity contribution < 1.29 is 27.2 Å². The first kappa shape index (κ1) is 21.3. The van der Waals surface area contributed by atoms with Gasteiger partial charge in [0.1, 0.15) is 18.1 Å². The summed E-state index contributed by atoms with van der Waals surface area (Å²) in [6.07, 6.45) is 1.19. The van der Waals surface area contributed by atoms with E-state index in [1.54, 1.807) is 42.3 Å². The van der Waals surface area contributed by atoms with Gasteiger partial charge in [0.2, 0.25) is 0 Å². The molecule has 1 amide bonds. The van der Waals surface area contributed by atoms with E-state index >= 15 is 0 Å². The minimum atomic E-state index is -3.10. The van der Waals surface area contributed by atoms with Crippen LogP contribution in [0, 0.1) is 5.82 Å². The van der Waals surface area contributed by atoms with Crippen molar-refractivity contribution in [1.82, 2.24) is 4.90 Å². The fraction of sp³-hybridized carbons (Fsp3) is 0.381. The molecule has 1 aliphatic heterocycles. The Labute approximate surface area is 170 Å². The van der Waals surface area contributed by atoms with E-state index < -0.39 is 9.84 Å². The van der Waals surface area contributed by atoms with Crippen molar-refractivity contribution in [2.24, 2.45) is 0 Å². The monoisotopic (exact) mass is 421 g/mol. The third kappa shape index (κ3) is 5.77. The van der Waals surface area contributed by atoms with Crippen molar-refractivity contribution in [3.05, 3.63) is 65.0 Å². The summed E-state index contributed by atoms with van der Waals surface area (Å²) in [6.45, 7) is 3.38. The van der Waals surface area contributed by atoms with Gasteiger partial charge in [0, 0.05) is 11.8 Å². The number of carbonyl (C=O) groups excluding carboxylic acids is 1. The summed E-state index contributed by atoms with van der Waals surface area (Å²) in [4.78, 5) is 15.8. The van der Waals surface area contributed by atoms with Gasteiger partial charge in [-0.05, 0) is 35.9 Å².